The number of alkyl halides is 2. The molecule has 2 aromatic rings. The average molecular weight is 647 g/mol. The number of benzene rings is 2. The standard InChI is InChI=1S/C27H17Cl2F5N2O7/c1-43-8-2-3-10(13(37)6-8)15-9-4-5-11-14(23(39)36(42)22(11)38)12(9)7-26(28)24(40)35(25(41)27(15,26)29)21-19(33)17(31)16(30)18(32)20(21)34/h2-4,6,11-12,14-15,37,42H,5,7H2,1H3/t11-,12+,14-,15+,26+,27-/m0/s1. The average Bonchev–Trinajstić information content (AvgIpc) is 3.29. The second-order valence-corrected chi connectivity index (χ2v) is 11.8. The number of halogens is 7. The van der Waals surface area contributed by atoms with Crippen molar-refractivity contribution in [1.82, 2.24) is 5.06 Å². The normalized spacial score (nSPS) is 31.7. The molecular weight excluding hydrogens is 630 g/mol. The van der Waals surface area contributed by atoms with E-state index in [1.165, 1.54) is 25.3 Å². The van der Waals surface area contributed by atoms with E-state index < -0.39 is 104 Å². The lowest BCUT2D eigenvalue weighted by molar-refractivity contribution is -0.173. The molecule has 0 spiro atoms. The Balaban J connectivity index is 1.62. The minimum absolute atomic E-state index is 0.0851. The molecule has 226 valence electrons. The number of carbonyl (C=O) groups is 4. The Morgan fingerprint density at radius 1 is 0.907 bits per heavy atom. The highest BCUT2D eigenvalue weighted by Gasteiger charge is 2.77. The van der Waals surface area contributed by atoms with Crippen molar-refractivity contribution in [2.24, 2.45) is 17.8 Å². The van der Waals surface area contributed by atoms with Crippen LogP contribution >= 0.6 is 23.2 Å². The van der Waals surface area contributed by atoms with Crippen LogP contribution in [-0.4, -0.2) is 55.9 Å². The van der Waals surface area contributed by atoms with Gasteiger partial charge in [0, 0.05) is 17.5 Å². The van der Waals surface area contributed by atoms with Gasteiger partial charge in [0.05, 0.1) is 18.9 Å². The van der Waals surface area contributed by atoms with Gasteiger partial charge in [-0.05, 0) is 24.8 Å². The summed E-state index contributed by atoms with van der Waals surface area (Å²) in [6.45, 7) is 0. The van der Waals surface area contributed by atoms with Crippen molar-refractivity contribution < 1.29 is 56.2 Å². The Kier molecular flexibility index (Phi) is 6.39. The van der Waals surface area contributed by atoms with Gasteiger partial charge in [0.15, 0.2) is 33.0 Å². The molecule has 0 unspecified atom stereocenters. The summed E-state index contributed by atoms with van der Waals surface area (Å²) in [6, 6.07) is 3.70. The van der Waals surface area contributed by atoms with E-state index in [0.717, 1.165) is 6.07 Å². The third-order valence-electron chi connectivity index (χ3n) is 8.75. The number of methoxy groups -OCH3 is 1. The fourth-order valence-corrected chi connectivity index (χ4v) is 7.72. The first-order valence-electron chi connectivity index (χ1n) is 12.5. The minimum Gasteiger partial charge on any atom is -0.508 e. The largest absolute Gasteiger partial charge is 0.508 e. The predicted octanol–water partition coefficient (Wildman–Crippen LogP) is 4.05. The molecule has 9 nitrogen and oxygen atoms in total. The molecule has 6 rings (SSSR count). The van der Waals surface area contributed by atoms with Crippen molar-refractivity contribution >= 4 is 52.5 Å². The van der Waals surface area contributed by atoms with E-state index in [1.807, 2.05) is 0 Å². The highest BCUT2D eigenvalue weighted by Crippen LogP contribution is 2.66. The van der Waals surface area contributed by atoms with Gasteiger partial charge in [-0.2, -0.15) is 5.06 Å². The van der Waals surface area contributed by atoms with Crippen LogP contribution in [0.4, 0.5) is 27.6 Å². The van der Waals surface area contributed by atoms with E-state index in [-0.39, 0.29) is 33.3 Å². The number of nitrogens with zero attached hydrogens (tertiary/aromatic N) is 2. The number of fused-ring (bicyclic) bond motifs is 4. The Morgan fingerprint density at radius 3 is 2.09 bits per heavy atom. The molecule has 0 bridgehead atoms. The van der Waals surface area contributed by atoms with Gasteiger partial charge in [0.2, 0.25) is 5.82 Å². The Labute approximate surface area is 248 Å². The van der Waals surface area contributed by atoms with E-state index in [0.29, 0.717) is 0 Å². The highest BCUT2D eigenvalue weighted by molar-refractivity contribution is 6.58. The maximum atomic E-state index is 15.0. The smallest absolute Gasteiger partial charge is 0.258 e. The predicted molar refractivity (Wildman–Crippen MR) is 135 cm³/mol. The van der Waals surface area contributed by atoms with Crippen LogP contribution < -0.4 is 9.64 Å². The fourth-order valence-electron chi connectivity index (χ4n) is 6.79. The lowest BCUT2D eigenvalue weighted by Crippen LogP contribution is -2.60. The number of aromatic hydroxyl groups is 1. The van der Waals surface area contributed by atoms with E-state index in [4.69, 9.17) is 27.9 Å². The molecule has 1 saturated carbocycles. The van der Waals surface area contributed by atoms with E-state index in [9.17, 15) is 51.4 Å². The zero-order valence-corrected chi connectivity index (χ0v) is 23.0. The minimum atomic E-state index is -2.78. The molecule has 2 saturated heterocycles. The summed E-state index contributed by atoms with van der Waals surface area (Å²) in [4.78, 5) is 47.8. The molecule has 0 radical (unpaired) electrons. The molecule has 3 fully saturated rings. The number of imide groups is 2. The first kappa shape index (κ1) is 29.3. The number of carbonyl (C=O) groups excluding carboxylic acids is 4. The Morgan fingerprint density at radius 2 is 1.51 bits per heavy atom. The highest BCUT2D eigenvalue weighted by atomic mass is 35.5. The summed E-state index contributed by atoms with van der Waals surface area (Å²) in [7, 11) is 1.28. The van der Waals surface area contributed by atoms with Crippen molar-refractivity contribution in [2.75, 3.05) is 12.0 Å². The maximum Gasteiger partial charge on any atom is 0.258 e. The molecule has 16 heteroatoms. The number of hydrogen-bond acceptors (Lipinski definition) is 7. The van der Waals surface area contributed by atoms with Crippen LogP contribution in [0.2, 0.25) is 0 Å². The van der Waals surface area contributed by atoms with Crippen LogP contribution in [0.3, 0.4) is 0 Å². The van der Waals surface area contributed by atoms with Crippen LogP contribution in [0.15, 0.2) is 29.8 Å². The number of anilines is 1. The van der Waals surface area contributed by atoms with Crippen LogP contribution in [-0.2, 0) is 19.2 Å². The Hall–Kier alpha value is -3.75. The third-order valence-corrected chi connectivity index (χ3v) is 10.2. The number of ether oxygens (including phenoxy) is 1. The molecule has 2 aromatic carbocycles. The van der Waals surface area contributed by atoms with Crippen molar-refractivity contribution in [1.29, 1.82) is 0 Å². The zero-order valence-electron chi connectivity index (χ0n) is 21.5. The summed E-state index contributed by atoms with van der Waals surface area (Å²) in [5.41, 5.74) is -1.97. The van der Waals surface area contributed by atoms with Gasteiger partial charge in [-0.15, -0.1) is 23.2 Å². The van der Waals surface area contributed by atoms with Crippen LogP contribution in [0.5, 0.6) is 11.5 Å². The van der Waals surface area contributed by atoms with Crippen LogP contribution in [0.1, 0.15) is 24.3 Å². The molecule has 2 aliphatic carbocycles. The number of allylic oxidation sites excluding steroid dienone is 2. The zero-order chi connectivity index (χ0) is 31.5. The third kappa shape index (κ3) is 3.48. The summed E-state index contributed by atoms with van der Waals surface area (Å²) >= 11 is 13.8. The van der Waals surface area contributed by atoms with Crippen LogP contribution in [0.25, 0.3) is 0 Å². The molecular formula is C27H17Cl2F5N2O7. The lowest BCUT2D eigenvalue weighted by atomic mass is 9.56. The molecule has 0 aromatic heterocycles. The van der Waals surface area contributed by atoms with Gasteiger partial charge in [-0.3, -0.25) is 24.4 Å². The maximum absolute atomic E-state index is 15.0. The summed E-state index contributed by atoms with van der Waals surface area (Å²) in [5, 5.41) is 21.0. The molecule has 4 amide bonds. The van der Waals surface area contributed by atoms with Gasteiger partial charge >= 0.3 is 0 Å². The van der Waals surface area contributed by atoms with Gasteiger partial charge in [-0.25, -0.2) is 26.9 Å². The second kappa shape index (κ2) is 9.37. The van der Waals surface area contributed by atoms with Crippen molar-refractivity contribution in [3.63, 3.8) is 0 Å². The van der Waals surface area contributed by atoms with Gasteiger partial charge in [0.1, 0.15) is 17.2 Å². The van der Waals surface area contributed by atoms with E-state index in [2.05, 4.69) is 0 Å². The lowest BCUT2D eigenvalue weighted by Gasteiger charge is -2.50. The molecule has 6 atom stereocenters. The number of phenols is 1. The van der Waals surface area contributed by atoms with Gasteiger partial charge in [0.25, 0.3) is 23.6 Å². The number of phenolic OH excluding ortho intramolecular Hbond substituents is 1. The number of hydrogen-bond donors (Lipinski definition) is 2. The monoisotopic (exact) mass is 646 g/mol. The summed E-state index contributed by atoms with van der Waals surface area (Å²) in [5.74, 6) is -23.5. The second-order valence-electron chi connectivity index (χ2n) is 10.6. The molecule has 43 heavy (non-hydrogen) atoms. The van der Waals surface area contributed by atoms with Crippen molar-refractivity contribution in [2.45, 2.75) is 28.5 Å². The molecule has 2 aliphatic heterocycles. The Bertz CT molecular complexity index is 1690. The van der Waals surface area contributed by atoms with Crippen molar-refractivity contribution in [3.8, 4) is 11.5 Å². The van der Waals surface area contributed by atoms with E-state index >= 15 is 0 Å². The molecule has 2 N–H and O–H groups in total. The van der Waals surface area contributed by atoms with Crippen molar-refractivity contribution in [3.05, 3.63) is 64.5 Å². The number of hydroxylamine groups is 2. The summed E-state index contributed by atoms with van der Waals surface area (Å²) in [6.07, 6.45) is 0.531. The SMILES string of the molecule is COc1ccc([C@H]2C3=CC[C@@H]4C(=O)N(O)C(=O)[C@@H]4[C@@H]3C[C@@]3(Cl)C(=O)N(c4c(F)c(F)c(F)c(F)c4F)C(=O)[C@@]23Cl)c(O)c1. The fraction of sp³-hybridized carbons (Fsp3) is 0.333. The van der Waals surface area contributed by atoms with Gasteiger partial charge in [-0.1, -0.05) is 17.7 Å². The summed E-state index contributed by atoms with van der Waals surface area (Å²) < 4.78 is 77.3. The van der Waals surface area contributed by atoms with Crippen LogP contribution in [0, 0.1) is 46.8 Å². The molecule has 2 heterocycles. The number of rotatable bonds is 3. The first-order valence-corrected chi connectivity index (χ1v) is 13.3. The van der Waals surface area contributed by atoms with E-state index in [1.54, 1.807) is 0 Å². The number of amides is 4. The molecule has 4 aliphatic rings. The quantitative estimate of drug-likeness (QED) is 0.0981. The first-order chi connectivity index (χ1) is 20.1. The van der Waals surface area contributed by atoms with Gasteiger partial charge < -0.3 is 9.84 Å². The topological polar surface area (TPSA) is 124 Å².